The van der Waals surface area contributed by atoms with E-state index in [9.17, 15) is 18.4 Å². The summed E-state index contributed by atoms with van der Waals surface area (Å²) in [6.45, 7) is 0. The van der Waals surface area contributed by atoms with Crippen molar-refractivity contribution in [1.29, 1.82) is 0 Å². The Morgan fingerprint density at radius 1 is 0.481 bits per heavy atom. The van der Waals surface area contributed by atoms with Crippen molar-refractivity contribution in [3.8, 4) is 23.7 Å². The SMILES string of the molecule is O=C1N[C@@H](c2cccc(C#Cc3cccc(F)c3)n2)[C@H](c2ccccc2)O1.O=C1N[C@H](c2cccc(C#Cc3cccc(F)c3)n2)[C@@H](c2ccccc2)O1. The molecule has 0 aliphatic carbocycles. The summed E-state index contributed by atoms with van der Waals surface area (Å²) in [5.74, 6) is 11.0. The molecular formula is C44H30F2N4O4. The highest BCUT2D eigenvalue weighted by atomic mass is 19.1. The molecule has 2 saturated heterocycles. The topological polar surface area (TPSA) is 102 Å². The highest BCUT2D eigenvalue weighted by molar-refractivity contribution is 5.71. The highest BCUT2D eigenvalue weighted by Crippen LogP contribution is 2.37. The number of nitrogens with zero attached hydrogens (tertiary/aromatic N) is 2. The van der Waals surface area contributed by atoms with Gasteiger partial charge in [0.1, 0.15) is 35.1 Å². The van der Waals surface area contributed by atoms with Gasteiger partial charge in [0.2, 0.25) is 0 Å². The molecule has 54 heavy (non-hydrogen) atoms. The predicted octanol–water partition coefficient (Wildman–Crippen LogP) is 8.29. The molecule has 2 N–H and O–H groups in total. The maximum atomic E-state index is 13.3. The molecule has 4 heterocycles. The van der Waals surface area contributed by atoms with Crippen molar-refractivity contribution in [2.45, 2.75) is 24.3 Å². The smallest absolute Gasteiger partial charge is 0.408 e. The van der Waals surface area contributed by atoms with Gasteiger partial charge in [-0.15, -0.1) is 0 Å². The summed E-state index contributed by atoms with van der Waals surface area (Å²) in [6, 6.07) is 41.2. The zero-order valence-electron chi connectivity index (χ0n) is 28.4. The number of nitrogens with one attached hydrogen (secondary N) is 2. The van der Waals surface area contributed by atoms with E-state index in [1.165, 1.54) is 24.3 Å². The van der Waals surface area contributed by atoms with Crippen LogP contribution in [0.25, 0.3) is 0 Å². The number of amides is 2. The predicted molar refractivity (Wildman–Crippen MR) is 196 cm³/mol. The van der Waals surface area contributed by atoms with Gasteiger partial charge in [0, 0.05) is 11.1 Å². The fraction of sp³-hybridized carbons (Fsp3) is 0.0909. The second-order valence-corrected chi connectivity index (χ2v) is 12.1. The van der Waals surface area contributed by atoms with Crippen molar-refractivity contribution in [2.24, 2.45) is 0 Å². The van der Waals surface area contributed by atoms with Crippen molar-refractivity contribution >= 4 is 12.2 Å². The average molecular weight is 717 g/mol. The van der Waals surface area contributed by atoms with Crippen LogP contribution in [0.5, 0.6) is 0 Å². The fourth-order valence-electron chi connectivity index (χ4n) is 5.90. The van der Waals surface area contributed by atoms with Crippen LogP contribution in [0.1, 0.15) is 69.3 Å². The Bertz CT molecular complexity index is 2250. The number of carbonyl (C=O) groups excluding carboxylic acids is 2. The van der Waals surface area contributed by atoms with Gasteiger partial charge in [-0.25, -0.2) is 28.3 Å². The summed E-state index contributed by atoms with van der Waals surface area (Å²) in [5.41, 5.74) is 5.29. The van der Waals surface area contributed by atoms with E-state index >= 15 is 0 Å². The summed E-state index contributed by atoms with van der Waals surface area (Å²) in [5, 5.41) is 5.61. The van der Waals surface area contributed by atoms with Crippen LogP contribution in [0.15, 0.2) is 146 Å². The van der Waals surface area contributed by atoms with Crippen molar-refractivity contribution in [2.75, 3.05) is 0 Å². The molecule has 0 bridgehead atoms. The molecule has 10 heteroatoms. The minimum Gasteiger partial charge on any atom is -0.439 e. The van der Waals surface area contributed by atoms with Crippen LogP contribution >= 0.6 is 0 Å². The van der Waals surface area contributed by atoms with E-state index in [1.54, 1.807) is 36.4 Å². The van der Waals surface area contributed by atoms with Gasteiger partial charge in [-0.3, -0.25) is 0 Å². The number of carbonyl (C=O) groups is 2. The van der Waals surface area contributed by atoms with E-state index in [1.807, 2.05) is 84.9 Å². The van der Waals surface area contributed by atoms with Gasteiger partial charge in [0.25, 0.3) is 0 Å². The maximum absolute atomic E-state index is 13.3. The Kier molecular flexibility index (Phi) is 10.6. The zero-order valence-corrected chi connectivity index (χ0v) is 28.4. The number of pyridine rings is 2. The maximum Gasteiger partial charge on any atom is 0.408 e. The van der Waals surface area contributed by atoms with Gasteiger partial charge >= 0.3 is 12.2 Å². The lowest BCUT2D eigenvalue weighted by Crippen LogP contribution is -2.20. The van der Waals surface area contributed by atoms with Crippen LogP contribution in [0, 0.1) is 35.3 Å². The minimum atomic E-state index is -0.480. The molecule has 6 aromatic rings. The molecule has 2 aliphatic rings. The molecule has 8 nitrogen and oxygen atoms in total. The number of rotatable bonds is 4. The number of benzene rings is 4. The molecular weight excluding hydrogens is 687 g/mol. The third-order valence-electron chi connectivity index (χ3n) is 8.37. The number of ether oxygens (including phenoxy) is 2. The van der Waals surface area contributed by atoms with E-state index < -0.39 is 36.5 Å². The lowest BCUT2D eigenvalue weighted by Gasteiger charge is -2.16. The molecule has 2 aromatic heterocycles. The summed E-state index contributed by atoms with van der Waals surface area (Å²) in [6.07, 6.45) is -1.88. The monoisotopic (exact) mass is 716 g/mol. The molecule has 2 aliphatic heterocycles. The minimum absolute atomic E-state index is 0.333. The Labute approximate surface area is 310 Å². The van der Waals surface area contributed by atoms with Gasteiger partial charge in [-0.2, -0.15) is 0 Å². The Hall–Kier alpha value is -7.30. The van der Waals surface area contributed by atoms with Crippen LogP contribution in [0.3, 0.4) is 0 Å². The van der Waals surface area contributed by atoms with Gasteiger partial charge in [-0.05, 0) is 83.6 Å². The summed E-state index contributed by atoms with van der Waals surface area (Å²) < 4.78 is 37.4. The van der Waals surface area contributed by atoms with Crippen molar-refractivity contribution < 1.29 is 27.8 Å². The number of hydrogen-bond acceptors (Lipinski definition) is 6. The van der Waals surface area contributed by atoms with E-state index in [0.717, 1.165) is 11.1 Å². The molecule has 0 radical (unpaired) electrons. The molecule has 4 aromatic carbocycles. The molecule has 4 atom stereocenters. The summed E-state index contributed by atoms with van der Waals surface area (Å²) in [4.78, 5) is 32.7. The number of alkyl carbamates (subject to hydrolysis) is 2. The molecule has 2 fully saturated rings. The fourth-order valence-corrected chi connectivity index (χ4v) is 5.90. The van der Waals surface area contributed by atoms with Crippen LogP contribution in [-0.4, -0.2) is 22.2 Å². The lowest BCUT2D eigenvalue weighted by atomic mass is 10.00. The molecule has 2 amide bonds. The molecule has 8 rings (SSSR count). The first-order valence-electron chi connectivity index (χ1n) is 16.9. The first-order chi connectivity index (χ1) is 26.4. The number of aromatic nitrogens is 2. The summed E-state index contributed by atoms with van der Waals surface area (Å²) >= 11 is 0. The first-order valence-corrected chi connectivity index (χ1v) is 16.9. The van der Waals surface area contributed by atoms with Crippen molar-refractivity contribution in [3.63, 3.8) is 0 Å². The zero-order chi connectivity index (χ0) is 37.3. The third-order valence-corrected chi connectivity index (χ3v) is 8.37. The standard InChI is InChI=1S/2C22H15FN2O2/c2*23-17-9-4-6-15(14-17)12-13-18-10-5-11-19(24-18)20-21(27-22(26)25-20)16-7-2-1-3-8-16/h2*1-11,14,20-21H,(H,25,26)/t2*20-,21-/m10/s1. The Balaban J connectivity index is 0.000000167. The molecule has 264 valence electrons. The second-order valence-electron chi connectivity index (χ2n) is 12.1. The van der Waals surface area contributed by atoms with Gasteiger partial charge in [-0.1, -0.05) is 96.8 Å². The first kappa shape index (κ1) is 35.1. The van der Waals surface area contributed by atoms with Gasteiger partial charge in [0.15, 0.2) is 12.2 Å². The lowest BCUT2D eigenvalue weighted by molar-refractivity contribution is 0.131. The largest absolute Gasteiger partial charge is 0.439 e. The van der Waals surface area contributed by atoms with E-state index in [4.69, 9.17) is 9.47 Å². The van der Waals surface area contributed by atoms with Crippen molar-refractivity contribution in [3.05, 3.63) is 202 Å². The van der Waals surface area contributed by atoms with E-state index in [2.05, 4.69) is 44.3 Å². The Morgan fingerprint density at radius 2 is 0.889 bits per heavy atom. The highest BCUT2D eigenvalue weighted by Gasteiger charge is 2.38. The molecule has 0 unspecified atom stereocenters. The number of halogens is 2. The van der Waals surface area contributed by atoms with Gasteiger partial charge in [0.05, 0.1) is 11.4 Å². The molecule has 0 saturated carbocycles. The van der Waals surface area contributed by atoms with Crippen LogP contribution < -0.4 is 10.6 Å². The second kappa shape index (κ2) is 16.4. The molecule has 0 spiro atoms. The van der Waals surface area contributed by atoms with Crippen LogP contribution in [-0.2, 0) is 9.47 Å². The number of cyclic esters (lactones) is 2. The third kappa shape index (κ3) is 8.76. The quantitative estimate of drug-likeness (QED) is 0.178. The summed E-state index contributed by atoms with van der Waals surface area (Å²) in [7, 11) is 0. The van der Waals surface area contributed by atoms with E-state index in [-0.39, 0.29) is 11.6 Å². The van der Waals surface area contributed by atoms with E-state index in [0.29, 0.717) is 33.9 Å². The van der Waals surface area contributed by atoms with Crippen LogP contribution in [0.2, 0.25) is 0 Å². The van der Waals surface area contributed by atoms with Gasteiger partial charge < -0.3 is 20.1 Å². The van der Waals surface area contributed by atoms with Crippen molar-refractivity contribution in [1.82, 2.24) is 20.6 Å². The number of hydrogen-bond donors (Lipinski definition) is 2. The average Bonchev–Trinajstić information content (AvgIpc) is 3.80. The normalized spacial score (nSPS) is 18.2. The van der Waals surface area contributed by atoms with Crippen LogP contribution in [0.4, 0.5) is 18.4 Å². The Morgan fingerprint density at radius 3 is 1.30 bits per heavy atom.